The van der Waals surface area contributed by atoms with Gasteiger partial charge in [-0.3, -0.25) is 18.9 Å². The molecule has 2 aromatic rings. The van der Waals surface area contributed by atoms with E-state index in [1.807, 2.05) is 38.1 Å². The molecule has 1 aliphatic heterocycles. The zero-order valence-corrected chi connectivity index (χ0v) is 27.5. The first-order chi connectivity index (χ1) is 20.7. The Balaban J connectivity index is 1.68. The maximum atomic E-state index is 11.2. The molecule has 0 aromatic heterocycles. The molecule has 0 bridgehead atoms. The van der Waals surface area contributed by atoms with Gasteiger partial charge in [0.1, 0.15) is 11.5 Å². The molecule has 0 unspecified atom stereocenters. The Morgan fingerprint density at radius 2 is 1.02 bits per heavy atom. The average Bonchev–Trinajstić information content (AvgIpc) is 2.90. The Kier molecular flexibility index (Phi) is 14.3. The van der Waals surface area contributed by atoms with Crippen molar-refractivity contribution >= 4 is 15.2 Å². The fourth-order valence-corrected chi connectivity index (χ4v) is 6.38. The van der Waals surface area contributed by atoms with Crippen molar-refractivity contribution in [3.8, 4) is 11.5 Å². The van der Waals surface area contributed by atoms with E-state index < -0.39 is 27.8 Å². The van der Waals surface area contributed by atoms with Crippen LogP contribution in [0, 0.1) is 13.8 Å². The van der Waals surface area contributed by atoms with Crippen LogP contribution in [0.4, 0.5) is 0 Å². The van der Waals surface area contributed by atoms with E-state index in [9.17, 15) is 19.3 Å². The number of hydrogen-bond acceptors (Lipinski definition) is 9. The number of nitrogens with zero attached hydrogens (tertiary/aromatic N) is 2. The van der Waals surface area contributed by atoms with Crippen molar-refractivity contribution in [1.82, 2.24) is 25.8 Å². The van der Waals surface area contributed by atoms with Crippen LogP contribution < -0.4 is 16.0 Å². The van der Waals surface area contributed by atoms with Crippen molar-refractivity contribution in [2.75, 3.05) is 51.8 Å². The first-order valence-corrected chi connectivity index (χ1v) is 18.6. The van der Waals surface area contributed by atoms with Crippen molar-refractivity contribution < 1.29 is 38.9 Å². The lowest BCUT2D eigenvalue weighted by Crippen LogP contribution is -2.34. The number of aryl methyl sites for hydroxylation is 2. The summed E-state index contributed by atoms with van der Waals surface area (Å²) in [6, 6.07) is 7.55. The molecule has 9 N–H and O–H groups in total. The summed E-state index contributed by atoms with van der Waals surface area (Å²) in [5.41, 5.74) is 4.68. The molecule has 1 saturated heterocycles. The quantitative estimate of drug-likeness (QED) is 0.151. The smallest absolute Gasteiger partial charge is 0.339 e. The highest BCUT2D eigenvalue weighted by Crippen LogP contribution is 2.34. The number of phenolic OH excluding ortho intramolecular Hbond substituents is 2. The molecule has 15 heteroatoms. The summed E-state index contributed by atoms with van der Waals surface area (Å²) in [7, 11) is -8.39. The lowest BCUT2D eigenvalue weighted by molar-refractivity contribution is 0.206. The molecule has 1 heterocycles. The summed E-state index contributed by atoms with van der Waals surface area (Å²) in [5.74, 6) is 0.279. The minimum absolute atomic E-state index is 0.140. The van der Waals surface area contributed by atoms with Crippen LogP contribution in [0.5, 0.6) is 11.5 Å². The number of aromatic hydroxyl groups is 2. The van der Waals surface area contributed by atoms with Crippen LogP contribution in [0.15, 0.2) is 24.3 Å². The molecule has 1 fully saturated rings. The van der Waals surface area contributed by atoms with Crippen LogP contribution >= 0.6 is 15.2 Å². The van der Waals surface area contributed by atoms with Crippen molar-refractivity contribution in [2.45, 2.75) is 59.3 Å². The Labute approximate surface area is 260 Å². The monoisotopic (exact) mass is 657 g/mol. The van der Waals surface area contributed by atoms with E-state index in [4.69, 9.17) is 19.6 Å². The first-order valence-electron chi connectivity index (χ1n) is 15.0. The summed E-state index contributed by atoms with van der Waals surface area (Å²) >= 11 is 0. The normalized spacial score (nSPS) is 16.9. The van der Waals surface area contributed by atoms with E-state index in [-0.39, 0.29) is 24.6 Å². The number of rotatable bonds is 12. The van der Waals surface area contributed by atoms with Gasteiger partial charge >= 0.3 is 15.2 Å². The molecule has 3 rings (SSSR count). The molecule has 13 nitrogen and oxygen atoms in total. The van der Waals surface area contributed by atoms with Crippen LogP contribution in [-0.2, 0) is 35.3 Å². The van der Waals surface area contributed by atoms with E-state index >= 15 is 0 Å². The van der Waals surface area contributed by atoms with Crippen molar-refractivity contribution in [2.24, 2.45) is 0 Å². The second-order valence-electron chi connectivity index (χ2n) is 11.7. The largest absolute Gasteiger partial charge is 0.507 e. The van der Waals surface area contributed by atoms with Crippen LogP contribution in [0.3, 0.4) is 0 Å². The van der Waals surface area contributed by atoms with Gasteiger partial charge in [-0.1, -0.05) is 35.4 Å². The predicted molar refractivity (Wildman–Crippen MR) is 170 cm³/mol. The summed E-state index contributed by atoms with van der Waals surface area (Å²) in [5, 5.41) is 31.0. The average molecular weight is 658 g/mol. The number of hydrogen-bond donors (Lipinski definition) is 9. The van der Waals surface area contributed by atoms with Gasteiger partial charge in [-0.05, 0) is 72.4 Å². The third-order valence-corrected chi connectivity index (χ3v) is 8.75. The maximum Gasteiger partial charge on any atom is 0.339 e. The van der Waals surface area contributed by atoms with Gasteiger partial charge < -0.3 is 45.7 Å². The van der Waals surface area contributed by atoms with Crippen LogP contribution in [0.25, 0.3) is 0 Å². The third-order valence-electron chi connectivity index (χ3n) is 7.48. The summed E-state index contributed by atoms with van der Waals surface area (Å²) < 4.78 is 22.4. The van der Waals surface area contributed by atoms with Gasteiger partial charge in [0.05, 0.1) is 12.6 Å². The molecule has 248 valence electrons. The Hall–Kier alpha value is -1.86. The second-order valence-corrected chi connectivity index (χ2v) is 15.0. The number of phenols is 2. The minimum atomic E-state index is -4.19. The summed E-state index contributed by atoms with van der Waals surface area (Å²) in [6.45, 7) is 10.3. The Morgan fingerprint density at radius 3 is 1.41 bits per heavy atom. The van der Waals surface area contributed by atoms with E-state index in [0.717, 1.165) is 80.8 Å². The Bertz CT molecular complexity index is 1220. The lowest BCUT2D eigenvalue weighted by Gasteiger charge is -2.28. The van der Waals surface area contributed by atoms with E-state index in [1.165, 1.54) is 0 Å². The van der Waals surface area contributed by atoms with Gasteiger partial charge in [-0.25, -0.2) is 0 Å². The van der Waals surface area contributed by atoms with Crippen molar-refractivity contribution in [3.63, 3.8) is 0 Å². The number of benzene rings is 2. The molecule has 1 aliphatic rings. The molecule has 44 heavy (non-hydrogen) atoms. The molecule has 0 saturated carbocycles. The molecule has 0 aliphatic carbocycles. The molecule has 0 radical (unpaired) electrons. The van der Waals surface area contributed by atoms with E-state index in [0.29, 0.717) is 24.2 Å². The topological polar surface area (TPSA) is 198 Å². The van der Waals surface area contributed by atoms with Gasteiger partial charge in [0.2, 0.25) is 0 Å². The molecular formula is C29H49N5O8P2. The maximum absolute atomic E-state index is 11.2. The number of nitrogens with one attached hydrogen (secondary N) is 3. The fourth-order valence-electron chi connectivity index (χ4n) is 5.57. The summed E-state index contributed by atoms with van der Waals surface area (Å²) in [6.07, 6.45) is 1.88. The van der Waals surface area contributed by atoms with Crippen molar-refractivity contribution in [3.05, 3.63) is 57.6 Å². The zero-order chi connectivity index (χ0) is 32.3. The molecular weight excluding hydrogens is 608 g/mol. The first kappa shape index (κ1) is 36.6. The SMILES string of the molecule is Cc1cc(CNCP(=O)(O)O)c(O)c(CN2CCCNCCCN(Cc3cc(C)cc(CNCP(=O)(O)O)c3O)CCC2)c1. The van der Waals surface area contributed by atoms with Gasteiger partial charge in [0.15, 0.2) is 0 Å². The van der Waals surface area contributed by atoms with Gasteiger partial charge in [-0.2, -0.15) is 0 Å². The highest BCUT2D eigenvalue weighted by atomic mass is 31.2. The zero-order valence-electron chi connectivity index (χ0n) is 25.7. The highest BCUT2D eigenvalue weighted by Gasteiger charge is 2.18. The molecule has 0 atom stereocenters. The lowest BCUT2D eigenvalue weighted by atomic mass is 10.0. The van der Waals surface area contributed by atoms with Crippen LogP contribution in [0.1, 0.15) is 52.6 Å². The Morgan fingerprint density at radius 1 is 0.659 bits per heavy atom. The summed E-state index contributed by atoms with van der Waals surface area (Å²) in [4.78, 5) is 41.2. The molecule has 0 spiro atoms. The van der Waals surface area contributed by atoms with E-state index in [2.05, 4.69) is 25.8 Å². The second kappa shape index (κ2) is 17.2. The van der Waals surface area contributed by atoms with Gasteiger partial charge in [0, 0.05) is 48.4 Å². The van der Waals surface area contributed by atoms with Crippen LogP contribution in [-0.4, -0.2) is 91.4 Å². The predicted octanol–water partition coefficient (Wildman–Crippen LogP) is 2.24. The van der Waals surface area contributed by atoms with Gasteiger partial charge in [0.25, 0.3) is 0 Å². The van der Waals surface area contributed by atoms with Gasteiger partial charge in [-0.15, -0.1) is 0 Å². The highest BCUT2D eigenvalue weighted by molar-refractivity contribution is 7.51. The fraction of sp³-hybridized carbons (Fsp3) is 0.586. The third kappa shape index (κ3) is 13.2. The van der Waals surface area contributed by atoms with Crippen LogP contribution in [0.2, 0.25) is 0 Å². The molecule has 2 aromatic carbocycles. The minimum Gasteiger partial charge on any atom is -0.507 e. The van der Waals surface area contributed by atoms with Crippen molar-refractivity contribution in [1.29, 1.82) is 0 Å². The molecule has 0 amide bonds. The standard InChI is InChI=1S/C29H49N5O8P2/c1-22-12-24(16-31-20-43(37,38)39)28(35)26(14-22)18-33-8-3-6-30-7-4-9-34(11-5-10-33)19-27-15-23(2)13-25(29(27)36)17-32-21-44(40,41)42/h12-15,30-32,35-36H,3-11,16-21H2,1-2H3,(H2,37,38,39)(H2,40,41,42). The van der Waals surface area contributed by atoms with E-state index in [1.54, 1.807) is 0 Å².